The number of guanidine groups is 1. The topological polar surface area (TPSA) is 73.8 Å². The van der Waals surface area contributed by atoms with E-state index < -0.39 is 10.0 Å². The molecule has 124 valence electrons. The molecule has 21 heavy (non-hydrogen) atoms. The summed E-state index contributed by atoms with van der Waals surface area (Å²) in [6.07, 6.45) is 4.60. The zero-order chi connectivity index (χ0) is 15.7. The first-order chi connectivity index (χ1) is 9.97. The number of aliphatic imine (C=N–C) groups is 1. The lowest BCUT2D eigenvalue weighted by Crippen LogP contribution is -2.41. The van der Waals surface area contributed by atoms with Gasteiger partial charge in [-0.1, -0.05) is 6.92 Å². The van der Waals surface area contributed by atoms with E-state index in [2.05, 4.69) is 15.6 Å². The van der Waals surface area contributed by atoms with Crippen LogP contribution in [0.4, 0.5) is 0 Å². The van der Waals surface area contributed by atoms with Gasteiger partial charge in [0.05, 0.1) is 6.26 Å². The molecule has 0 aromatic carbocycles. The Bertz CT molecular complexity index is 420. The van der Waals surface area contributed by atoms with Gasteiger partial charge in [-0.25, -0.2) is 12.7 Å². The minimum absolute atomic E-state index is 0.519. The zero-order valence-electron chi connectivity index (χ0n) is 13.3. The van der Waals surface area contributed by atoms with Crippen LogP contribution < -0.4 is 10.6 Å². The van der Waals surface area contributed by atoms with E-state index in [1.807, 2.05) is 18.7 Å². The summed E-state index contributed by atoms with van der Waals surface area (Å²) in [7, 11) is -1.33. The lowest BCUT2D eigenvalue weighted by atomic mass is 10.2. The fourth-order valence-electron chi connectivity index (χ4n) is 2.26. The molecule has 0 spiro atoms. The first-order valence-corrected chi connectivity index (χ1v) is 10.4. The first-order valence-electron chi connectivity index (χ1n) is 7.48. The standard InChI is InChI=1S/C13H28N4O2S2/c1-4-17(21(3,18)19)9-6-8-15-13(14-2)16-11-12-7-5-10-20-12/h12H,4-11H2,1-3H3,(H2,14,15,16). The van der Waals surface area contributed by atoms with E-state index in [0.717, 1.165) is 18.9 Å². The summed E-state index contributed by atoms with van der Waals surface area (Å²) < 4.78 is 24.4. The van der Waals surface area contributed by atoms with Crippen LogP contribution in [0, 0.1) is 0 Å². The number of hydrogen-bond acceptors (Lipinski definition) is 4. The van der Waals surface area contributed by atoms with Gasteiger partial charge in [0.25, 0.3) is 0 Å². The Kier molecular flexibility index (Phi) is 8.43. The maximum atomic E-state index is 11.5. The molecule has 0 saturated carbocycles. The number of hydrogen-bond donors (Lipinski definition) is 2. The highest BCUT2D eigenvalue weighted by Crippen LogP contribution is 2.25. The SMILES string of the molecule is CCN(CCCNC(=NC)NCC1CCCS1)S(C)(=O)=O. The Balaban J connectivity index is 2.19. The van der Waals surface area contributed by atoms with Crippen molar-refractivity contribution in [1.29, 1.82) is 0 Å². The fourth-order valence-corrected chi connectivity index (χ4v) is 4.39. The third kappa shape index (κ3) is 7.37. The maximum Gasteiger partial charge on any atom is 0.211 e. The molecule has 1 heterocycles. The molecule has 1 aliphatic rings. The van der Waals surface area contributed by atoms with Gasteiger partial charge in [0.15, 0.2) is 5.96 Å². The van der Waals surface area contributed by atoms with Gasteiger partial charge in [-0.3, -0.25) is 4.99 Å². The molecule has 0 bridgehead atoms. The predicted molar refractivity (Wildman–Crippen MR) is 91.6 cm³/mol. The predicted octanol–water partition coefficient (Wildman–Crippen LogP) is 0.719. The van der Waals surface area contributed by atoms with Crippen LogP contribution in [0.5, 0.6) is 0 Å². The number of thioether (sulfide) groups is 1. The molecule has 1 aliphatic heterocycles. The summed E-state index contributed by atoms with van der Waals surface area (Å²) in [4.78, 5) is 4.19. The zero-order valence-corrected chi connectivity index (χ0v) is 14.9. The number of nitrogens with one attached hydrogen (secondary N) is 2. The van der Waals surface area contributed by atoms with E-state index in [1.54, 1.807) is 7.05 Å². The molecule has 0 aliphatic carbocycles. The number of rotatable bonds is 8. The third-order valence-electron chi connectivity index (χ3n) is 3.44. The van der Waals surface area contributed by atoms with Crippen LogP contribution in [-0.4, -0.2) is 69.2 Å². The highest BCUT2D eigenvalue weighted by molar-refractivity contribution is 8.00. The molecular weight excluding hydrogens is 308 g/mol. The highest BCUT2D eigenvalue weighted by Gasteiger charge is 2.16. The van der Waals surface area contributed by atoms with Crippen molar-refractivity contribution in [1.82, 2.24) is 14.9 Å². The van der Waals surface area contributed by atoms with Crippen molar-refractivity contribution in [2.24, 2.45) is 4.99 Å². The third-order valence-corrected chi connectivity index (χ3v) is 6.22. The van der Waals surface area contributed by atoms with E-state index in [0.29, 0.717) is 24.9 Å². The van der Waals surface area contributed by atoms with Crippen molar-refractivity contribution < 1.29 is 8.42 Å². The Morgan fingerprint density at radius 1 is 1.43 bits per heavy atom. The monoisotopic (exact) mass is 336 g/mol. The lowest BCUT2D eigenvalue weighted by molar-refractivity contribution is 0.424. The van der Waals surface area contributed by atoms with Gasteiger partial charge in [0, 0.05) is 38.5 Å². The summed E-state index contributed by atoms with van der Waals surface area (Å²) >= 11 is 2.01. The summed E-state index contributed by atoms with van der Waals surface area (Å²) in [6.45, 7) is 4.56. The van der Waals surface area contributed by atoms with Crippen molar-refractivity contribution in [3.05, 3.63) is 0 Å². The second-order valence-corrected chi connectivity index (χ2v) is 8.51. The fraction of sp³-hybridized carbons (Fsp3) is 0.923. The van der Waals surface area contributed by atoms with Gasteiger partial charge < -0.3 is 10.6 Å². The summed E-state index contributed by atoms with van der Waals surface area (Å²) in [5, 5.41) is 7.25. The molecular formula is C13H28N4O2S2. The molecule has 1 rings (SSSR count). The molecule has 0 aromatic heterocycles. The van der Waals surface area contributed by atoms with Crippen molar-refractivity contribution in [3.8, 4) is 0 Å². The van der Waals surface area contributed by atoms with Crippen LogP contribution >= 0.6 is 11.8 Å². The minimum Gasteiger partial charge on any atom is -0.356 e. The van der Waals surface area contributed by atoms with Crippen LogP contribution in [0.25, 0.3) is 0 Å². The van der Waals surface area contributed by atoms with Crippen LogP contribution in [-0.2, 0) is 10.0 Å². The van der Waals surface area contributed by atoms with Gasteiger partial charge in [-0.05, 0) is 25.0 Å². The summed E-state index contributed by atoms with van der Waals surface area (Å²) in [5.41, 5.74) is 0. The molecule has 1 unspecified atom stereocenters. The Morgan fingerprint density at radius 3 is 2.71 bits per heavy atom. The summed E-state index contributed by atoms with van der Waals surface area (Å²) in [5.74, 6) is 2.06. The van der Waals surface area contributed by atoms with E-state index in [4.69, 9.17) is 0 Å². The molecule has 0 aromatic rings. The lowest BCUT2D eigenvalue weighted by Gasteiger charge is -2.18. The van der Waals surface area contributed by atoms with Gasteiger partial charge in [0.2, 0.25) is 10.0 Å². The molecule has 1 atom stereocenters. The number of nitrogens with zero attached hydrogens (tertiary/aromatic N) is 2. The number of sulfonamides is 1. The molecule has 0 radical (unpaired) electrons. The molecule has 2 N–H and O–H groups in total. The normalized spacial score (nSPS) is 20.0. The van der Waals surface area contributed by atoms with Crippen LogP contribution in [0.3, 0.4) is 0 Å². The maximum absolute atomic E-state index is 11.5. The largest absolute Gasteiger partial charge is 0.356 e. The van der Waals surface area contributed by atoms with E-state index in [-0.39, 0.29) is 0 Å². The molecule has 1 fully saturated rings. The van der Waals surface area contributed by atoms with Crippen molar-refractivity contribution in [2.75, 3.05) is 45.2 Å². The Labute approximate surface area is 133 Å². The van der Waals surface area contributed by atoms with E-state index in [1.165, 1.54) is 29.2 Å². The minimum atomic E-state index is -3.09. The second-order valence-electron chi connectivity index (χ2n) is 5.12. The van der Waals surface area contributed by atoms with Crippen LogP contribution in [0.15, 0.2) is 4.99 Å². The van der Waals surface area contributed by atoms with Crippen molar-refractivity contribution in [3.63, 3.8) is 0 Å². The van der Waals surface area contributed by atoms with E-state index >= 15 is 0 Å². The highest BCUT2D eigenvalue weighted by atomic mass is 32.2. The first kappa shape index (κ1) is 18.6. The van der Waals surface area contributed by atoms with E-state index in [9.17, 15) is 8.42 Å². The quantitative estimate of drug-likeness (QED) is 0.388. The molecule has 0 amide bonds. The van der Waals surface area contributed by atoms with Gasteiger partial charge in [-0.15, -0.1) is 0 Å². The van der Waals surface area contributed by atoms with Gasteiger partial charge >= 0.3 is 0 Å². The van der Waals surface area contributed by atoms with Gasteiger partial charge in [-0.2, -0.15) is 11.8 Å². The van der Waals surface area contributed by atoms with Crippen molar-refractivity contribution >= 4 is 27.7 Å². The van der Waals surface area contributed by atoms with Gasteiger partial charge in [0.1, 0.15) is 0 Å². The van der Waals surface area contributed by atoms with Crippen molar-refractivity contribution in [2.45, 2.75) is 31.4 Å². The average molecular weight is 337 g/mol. The Morgan fingerprint density at radius 2 is 2.19 bits per heavy atom. The summed E-state index contributed by atoms with van der Waals surface area (Å²) in [6, 6.07) is 0. The second kappa shape index (κ2) is 9.53. The van der Waals surface area contributed by atoms with Crippen LogP contribution in [0.1, 0.15) is 26.2 Å². The van der Waals surface area contributed by atoms with Crippen LogP contribution in [0.2, 0.25) is 0 Å². The smallest absolute Gasteiger partial charge is 0.211 e. The average Bonchev–Trinajstić information content (AvgIpc) is 2.93. The molecule has 1 saturated heterocycles. The molecule has 8 heteroatoms. The molecule has 6 nitrogen and oxygen atoms in total. The Hall–Kier alpha value is -0.470.